The Bertz CT molecular complexity index is 699. The molecule has 1 heterocycles. The van der Waals surface area contributed by atoms with Gasteiger partial charge in [-0.3, -0.25) is 9.69 Å². The Labute approximate surface area is 155 Å². The summed E-state index contributed by atoms with van der Waals surface area (Å²) in [4.78, 5) is 15.3. The van der Waals surface area contributed by atoms with Crippen LogP contribution in [0.15, 0.2) is 42.5 Å². The van der Waals surface area contributed by atoms with Crippen molar-refractivity contribution in [1.29, 1.82) is 0 Å². The van der Waals surface area contributed by atoms with Crippen molar-refractivity contribution in [2.24, 2.45) is 0 Å². The van der Waals surface area contributed by atoms with Gasteiger partial charge >= 0.3 is 5.97 Å². The summed E-state index contributed by atoms with van der Waals surface area (Å²) in [5.74, 6) is -0.740. The van der Waals surface area contributed by atoms with E-state index in [0.717, 1.165) is 38.9 Å². The van der Waals surface area contributed by atoms with Crippen molar-refractivity contribution in [3.05, 3.63) is 48.0 Å². The second kappa shape index (κ2) is 9.18. The number of carboxylic acids is 1. The lowest BCUT2D eigenvalue weighted by Gasteiger charge is -2.36. The van der Waals surface area contributed by atoms with Gasteiger partial charge in [0.25, 0.3) is 0 Å². The molecule has 0 spiro atoms. The smallest absolute Gasteiger partial charge is 0.317 e. The molecule has 1 fully saturated rings. The predicted molar refractivity (Wildman–Crippen MR) is 105 cm³/mol. The summed E-state index contributed by atoms with van der Waals surface area (Å²) in [6.07, 6.45) is 3.18. The van der Waals surface area contributed by atoms with E-state index in [1.54, 1.807) is 0 Å². The van der Waals surface area contributed by atoms with Crippen LogP contribution in [0.5, 0.6) is 0 Å². The molecule has 1 aliphatic rings. The van der Waals surface area contributed by atoms with Crippen LogP contribution >= 0.6 is 12.4 Å². The van der Waals surface area contributed by atoms with Gasteiger partial charge in [0.1, 0.15) is 0 Å². The van der Waals surface area contributed by atoms with Crippen LogP contribution in [0.3, 0.4) is 0 Å². The van der Waals surface area contributed by atoms with Gasteiger partial charge in [0.05, 0.1) is 6.54 Å². The number of hydrogen-bond acceptors (Lipinski definition) is 3. The van der Waals surface area contributed by atoms with Gasteiger partial charge in [-0.05, 0) is 55.7 Å². The van der Waals surface area contributed by atoms with Crippen LogP contribution in [-0.4, -0.2) is 60.1 Å². The van der Waals surface area contributed by atoms with E-state index in [4.69, 9.17) is 5.11 Å². The first-order chi connectivity index (χ1) is 11.6. The van der Waals surface area contributed by atoms with E-state index in [0.29, 0.717) is 6.04 Å². The van der Waals surface area contributed by atoms with Crippen LogP contribution in [0.4, 0.5) is 0 Å². The lowest BCUT2D eigenvalue weighted by atomic mass is 10.0. The van der Waals surface area contributed by atoms with Gasteiger partial charge in [0, 0.05) is 12.6 Å². The Hall–Kier alpha value is -1.62. The maximum Gasteiger partial charge on any atom is 0.317 e. The first kappa shape index (κ1) is 19.7. The minimum absolute atomic E-state index is 0. The highest BCUT2D eigenvalue weighted by molar-refractivity contribution is 5.85. The number of aliphatic carboxylic acids is 1. The Morgan fingerprint density at radius 2 is 1.84 bits per heavy atom. The molecule has 1 N–H and O–H groups in total. The second-order valence-electron chi connectivity index (χ2n) is 6.81. The number of carboxylic acid groups (broad SMARTS) is 1. The quantitative estimate of drug-likeness (QED) is 0.856. The molecule has 4 nitrogen and oxygen atoms in total. The Morgan fingerprint density at radius 1 is 1.16 bits per heavy atom. The molecule has 0 saturated carbocycles. The van der Waals surface area contributed by atoms with Gasteiger partial charge in [0.2, 0.25) is 0 Å². The number of fused-ring (bicyclic) bond motifs is 1. The number of likely N-dealkylation sites (N-methyl/N-ethyl adjacent to an activating group) is 1. The van der Waals surface area contributed by atoms with E-state index >= 15 is 0 Å². The number of rotatable bonds is 6. The second-order valence-corrected chi connectivity index (χ2v) is 6.81. The molecule has 0 aliphatic carbocycles. The molecule has 1 aliphatic heterocycles. The Kier molecular flexibility index (Phi) is 7.24. The third-order valence-electron chi connectivity index (χ3n) is 5.10. The number of halogens is 1. The first-order valence-corrected chi connectivity index (χ1v) is 8.74. The van der Waals surface area contributed by atoms with Crippen molar-refractivity contribution in [3.63, 3.8) is 0 Å². The minimum Gasteiger partial charge on any atom is -0.480 e. The van der Waals surface area contributed by atoms with Crippen molar-refractivity contribution in [2.45, 2.75) is 25.3 Å². The molecule has 0 bridgehead atoms. The summed E-state index contributed by atoms with van der Waals surface area (Å²) < 4.78 is 0. The molecule has 25 heavy (non-hydrogen) atoms. The summed E-state index contributed by atoms with van der Waals surface area (Å²) in [5, 5.41) is 11.5. The van der Waals surface area contributed by atoms with Crippen LogP contribution < -0.4 is 0 Å². The molecule has 0 amide bonds. The Morgan fingerprint density at radius 3 is 2.52 bits per heavy atom. The fourth-order valence-corrected chi connectivity index (χ4v) is 3.61. The third-order valence-corrected chi connectivity index (χ3v) is 5.10. The van der Waals surface area contributed by atoms with E-state index in [1.807, 2.05) is 11.9 Å². The lowest BCUT2D eigenvalue weighted by molar-refractivity contribution is -0.138. The molecule has 136 valence electrons. The topological polar surface area (TPSA) is 43.8 Å². The molecule has 3 rings (SSSR count). The van der Waals surface area contributed by atoms with Crippen LogP contribution in [-0.2, 0) is 11.2 Å². The lowest BCUT2D eigenvalue weighted by Crippen LogP contribution is -2.45. The summed E-state index contributed by atoms with van der Waals surface area (Å²) in [5.41, 5.74) is 1.39. The largest absolute Gasteiger partial charge is 0.480 e. The third kappa shape index (κ3) is 5.43. The molecule has 0 atom stereocenters. The van der Waals surface area contributed by atoms with E-state index in [9.17, 15) is 4.79 Å². The number of piperidine rings is 1. The van der Waals surface area contributed by atoms with E-state index in [1.165, 1.54) is 16.3 Å². The number of likely N-dealkylation sites (tertiary alicyclic amines) is 1. The van der Waals surface area contributed by atoms with Crippen molar-refractivity contribution in [1.82, 2.24) is 9.80 Å². The summed E-state index contributed by atoms with van der Waals surface area (Å²) in [6, 6.07) is 15.6. The summed E-state index contributed by atoms with van der Waals surface area (Å²) in [6.45, 7) is 3.33. The zero-order valence-electron chi connectivity index (χ0n) is 14.7. The van der Waals surface area contributed by atoms with Crippen molar-refractivity contribution < 1.29 is 9.90 Å². The fraction of sp³-hybridized carbons (Fsp3) is 0.450. The van der Waals surface area contributed by atoms with Crippen LogP contribution in [0.25, 0.3) is 10.8 Å². The van der Waals surface area contributed by atoms with Crippen LogP contribution in [0, 0.1) is 0 Å². The van der Waals surface area contributed by atoms with Gasteiger partial charge in [-0.2, -0.15) is 0 Å². The van der Waals surface area contributed by atoms with E-state index < -0.39 is 5.97 Å². The van der Waals surface area contributed by atoms with Crippen molar-refractivity contribution in [2.75, 3.05) is 33.2 Å². The maximum absolute atomic E-state index is 10.8. The minimum atomic E-state index is -0.740. The van der Waals surface area contributed by atoms with Gasteiger partial charge in [0.15, 0.2) is 0 Å². The zero-order chi connectivity index (χ0) is 16.9. The van der Waals surface area contributed by atoms with Crippen LogP contribution in [0.2, 0.25) is 0 Å². The fourth-order valence-electron chi connectivity index (χ4n) is 3.61. The van der Waals surface area contributed by atoms with E-state index in [2.05, 4.69) is 47.4 Å². The molecular weight excluding hydrogens is 336 g/mol. The van der Waals surface area contributed by atoms with E-state index in [-0.39, 0.29) is 19.0 Å². The highest BCUT2D eigenvalue weighted by atomic mass is 35.5. The molecule has 0 radical (unpaired) electrons. The molecule has 5 heteroatoms. The number of hydrogen-bond donors (Lipinski definition) is 1. The number of carbonyl (C=O) groups is 1. The van der Waals surface area contributed by atoms with Gasteiger partial charge in [-0.1, -0.05) is 42.5 Å². The molecule has 2 aromatic rings. The zero-order valence-corrected chi connectivity index (χ0v) is 15.5. The average molecular weight is 363 g/mol. The molecule has 0 unspecified atom stereocenters. The molecule has 2 aromatic carbocycles. The number of benzene rings is 2. The maximum atomic E-state index is 10.8. The monoisotopic (exact) mass is 362 g/mol. The van der Waals surface area contributed by atoms with Gasteiger partial charge in [-0.25, -0.2) is 0 Å². The van der Waals surface area contributed by atoms with Gasteiger partial charge in [-0.15, -0.1) is 12.4 Å². The molecule has 1 saturated heterocycles. The predicted octanol–water partition coefficient (Wildman–Crippen LogP) is 3.28. The normalized spacial score (nSPS) is 16.1. The summed E-state index contributed by atoms with van der Waals surface area (Å²) in [7, 11) is 1.92. The van der Waals surface area contributed by atoms with Gasteiger partial charge < -0.3 is 10.0 Å². The standard InChI is InChI=1S/C20H26N2O2.ClH/c1-21(15-20(23)24)19-9-12-22(13-10-19)11-8-16-6-7-17-4-2-3-5-18(17)14-16;/h2-7,14,19H,8-13,15H2,1H3,(H,23,24);1H. The SMILES string of the molecule is CN(CC(=O)O)C1CCN(CCc2ccc3ccccc3c2)CC1.Cl. The molecular formula is C20H27ClN2O2. The van der Waals surface area contributed by atoms with Crippen molar-refractivity contribution >= 4 is 29.1 Å². The highest BCUT2D eigenvalue weighted by Gasteiger charge is 2.23. The first-order valence-electron chi connectivity index (χ1n) is 8.74. The average Bonchev–Trinajstić information content (AvgIpc) is 2.59. The summed E-state index contributed by atoms with van der Waals surface area (Å²) >= 11 is 0. The number of nitrogens with zero attached hydrogens (tertiary/aromatic N) is 2. The van der Waals surface area contributed by atoms with Crippen molar-refractivity contribution in [3.8, 4) is 0 Å². The Balaban J connectivity index is 0.00000225. The molecule has 0 aromatic heterocycles. The van der Waals surface area contributed by atoms with Crippen LogP contribution in [0.1, 0.15) is 18.4 Å². The highest BCUT2D eigenvalue weighted by Crippen LogP contribution is 2.18.